The highest BCUT2D eigenvalue weighted by Gasteiger charge is 2.36. The summed E-state index contributed by atoms with van der Waals surface area (Å²) in [5.41, 5.74) is 0.234. The number of hydrogen-bond donors (Lipinski definition) is 1. The van der Waals surface area contributed by atoms with E-state index in [2.05, 4.69) is 10.3 Å². The van der Waals surface area contributed by atoms with E-state index in [0.29, 0.717) is 17.0 Å². The third-order valence-electron chi connectivity index (χ3n) is 6.05. The third-order valence-corrected chi connectivity index (χ3v) is 7.42. The lowest BCUT2D eigenvalue weighted by Crippen LogP contribution is -2.43. The molecule has 0 saturated heterocycles. The van der Waals surface area contributed by atoms with E-state index in [4.69, 9.17) is 11.6 Å². The molecule has 1 saturated carbocycles. The van der Waals surface area contributed by atoms with Gasteiger partial charge in [0.2, 0.25) is 5.91 Å². The van der Waals surface area contributed by atoms with Gasteiger partial charge in [0, 0.05) is 25.9 Å². The molecule has 1 aromatic heterocycles. The standard InChI is InChI=1S/C22H23ClFN3O3S/c1-27(13-6-3-2-4-7-13)21(30)12-10-16-19(17(28)11-12)31-22(25-16)26-20(29)18-14(23)8-5-9-15(18)24/h5,8-9,12-13H,2-4,6-7,10-11H2,1H3,(H,25,26,29)/t12-/m1/s1. The SMILES string of the molecule is CN(C(=O)[C@H]1CC(=O)c2sc(NC(=O)c3c(F)cccc3Cl)nc2C1)C1CCCCC1. The Hall–Kier alpha value is -2.32. The molecule has 0 aliphatic heterocycles. The molecule has 4 rings (SSSR count). The zero-order valence-corrected chi connectivity index (χ0v) is 18.7. The maximum Gasteiger partial charge on any atom is 0.261 e. The molecule has 2 amide bonds. The Morgan fingerprint density at radius 2 is 1.97 bits per heavy atom. The van der Waals surface area contributed by atoms with Crippen LogP contribution in [-0.2, 0) is 11.2 Å². The van der Waals surface area contributed by atoms with E-state index in [1.165, 1.54) is 18.6 Å². The average molecular weight is 464 g/mol. The number of thiazole rings is 1. The number of rotatable bonds is 4. The molecule has 164 valence electrons. The maximum atomic E-state index is 14.0. The van der Waals surface area contributed by atoms with E-state index in [1.807, 2.05) is 7.05 Å². The molecule has 9 heteroatoms. The van der Waals surface area contributed by atoms with Gasteiger partial charge in [0.15, 0.2) is 10.9 Å². The molecule has 0 bridgehead atoms. The lowest BCUT2D eigenvalue weighted by Gasteiger charge is -2.34. The summed E-state index contributed by atoms with van der Waals surface area (Å²) in [4.78, 5) is 44.8. The number of hydrogen-bond acceptors (Lipinski definition) is 5. The number of benzene rings is 1. The third kappa shape index (κ3) is 4.50. The van der Waals surface area contributed by atoms with Crippen molar-refractivity contribution >= 4 is 45.7 Å². The second kappa shape index (κ2) is 9.04. The summed E-state index contributed by atoms with van der Waals surface area (Å²) in [6.07, 6.45) is 5.93. The summed E-state index contributed by atoms with van der Waals surface area (Å²) >= 11 is 6.99. The summed E-state index contributed by atoms with van der Waals surface area (Å²) in [7, 11) is 1.82. The zero-order chi connectivity index (χ0) is 22.1. The molecule has 1 heterocycles. The Morgan fingerprint density at radius 1 is 1.23 bits per heavy atom. The number of nitrogens with one attached hydrogen (secondary N) is 1. The Kier molecular flexibility index (Phi) is 6.39. The normalized spacial score (nSPS) is 19.1. The van der Waals surface area contributed by atoms with E-state index in [0.717, 1.165) is 43.1 Å². The van der Waals surface area contributed by atoms with Crippen LogP contribution in [0, 0.1) is 11.7 Å². The average Bonchev–Trinajstić information content (AvgIpc) is 3.16. The largest absolute Gasteiger partial charge is 0.343 e. The molecule has 2 aliphatic carbocycles. The number of ketones is 1. The first-order valence-electron chi connectivity index (χ1n) is 10.4. The van der Waals surface area contributed by atoms with Gasteiger partial charge in [-0.25, -0.2) is 9.37 Å². The molecule has 1 atom stereocenters. The van der Waals surface area contributed by atoms with Crippen molar-refractivity contribution in [3.63, 3.8) is 0 Å². The Bertz CT molecular complexity index is 1010. The molecule has 0 unspecified atom stereocenters. The van der Waals surface area contributed by atoms with Crippen molar-refractivity contribution in [3.8, 4) is 0 Å². The van der Waals surface area contributed by atoms with E-state index in [-0.39, 0.29) is 39.9 Å². The molecular weight excluding hydrogens is 441 g/mol. The van der Waals surface area contributed by atoms with Gasteiger partial charge in [-0.05, 0) is 25.0 Å². The number of fused-ring (bicyclic) bond motifs is 1. The van der Waals surface area contributed by atoms with Gasteiger partial charge in [-0.15, -0.1) is 0 Å². The monoisotopic (exact) mass is 463 g/mol. The molecule has 0 radical (unpaired) electrons. The fraction of sp³-hybridized carbons (Fsp3) is 0.455. The second-order valence-corrected chi connectivity index (χ2v) is 9.52. The molecule has 2 aliphatic rings. The van der Waals surface area contributed by atoms with Gasteiger partial charge in [-0.1, -0.05) is 48.3 Å². The molecule has 0 spiro atoms. The summed E-state index contributed by atoms with van der Waals surface area (Å²) in [6, 6.07) is 4.22. The molecular formula is C22H23ClFN3O3S. The number of nitrogens with zero attached hydrogens (tertiary/aromatic N) is 2. The van der Waals surface area contributed by atoms with Crippen molar-refractivity contribution in [3.05, 3.63) is 45.2 Å². The van der Waals surface area contributed by atoms with Gasteiger partial charge >= 0.3 is 0 Å². The highest BCUT2D eigenvalue weighted by molar-refractivity contribution is 7.17. The van der Waals surface area contributed by atoms with Crippen LogP contribution in [0.2, 0.25) is 5.02 Å². The lowest BCUT2D eigenvalue weighted by molar-refractivity contribution is -0.137. The van der Waals surface area contributed by atoms with Crippen LogP contribution in [0.15, 0.2) is 18.2 Å². The van der Waals surface area contributed by atoms with Crippen LogP contribution in [0.5, 0.6) is 0 Å². The first-order chi connectivity index (χ1) is 14.8. The van der Waals surface area contributed by atoms with Crippen molar-refractivity contribution in [1.82, 2.24) is 9.88 Å². The Balaban J connectivity index is 1.48. The van der Waals surface area contributed by atoms with Crippen molar-refractivity contribution in [2.75, 3.05) is 12.4 Å². The highest BCUT2D eigenvalue weighted by Crippen LogP contribution is 2.34. The van der Waals surface area contributed by atoms with Gasteiger partial charge in [-0.3, -0.25) is 19.7 Å². The number of carbonyl (C=O) groups is 3. The predicted octanol–water partition coefficient (Wildman–Crippen LogP) is 4.72. The minimum Gasteiger partial charge on any atom is -0.343 e. The van der Waals surface area contributed by atoms with Crippen LogP contribution in [-0.4, -0.2) is 40.6 Å². The number of amides is 2. The van der Waals surface area contributed by atoms with E-state index >= 15 is 0 Å². The Labute approximate surface area is 188 Å². The maximum absolute atomic E-state index is 14.0. The van der Waals surface area contributed by atoms with Crippen LogP contribution in [0.3, 0.4) is 0 Å². The molecule has 1 N–H and O–H groups in total. The van der Waals surface area contributed by atoms with Crippen LogP contribution < -0.4 is 5.32 Å². The Morgan fingerprint density at radius 3 is 2.68 bits per heavy atom. The number of carbonyl (C=O) groups excluding carboxylic acids is 3. The molecule has 1 fully saturated rings. The van der Waals surface area contributed by atoms with Crippen molar-refractivity contribution in [2.24, 2.45) is 5.92 Å². The van der Waals surface area contributed by atoms with E-state index < -0.39 is 17.6 Å². The summed E-state index contributed by atoms with van der Waals surface area (Å²) in [5, 5.41) is 2.72. The molecule has 6 nitrogen and oxygen atoms in total. The lowest BCUT2D eigenvalue weighted by atomic mass is 9.87. The van der Waals surface area contributed by atoms with Gasteiger partial charge < -0.3 is 4.90 Å². The van der Waals surface area contributed by atoms with Gasteiger partial charge in [0.05, 0.1) is 27.1 Å². The van der Waals surface area contributed by atoms with Gasteiger partial charge in [0.25, 0.3) is 5.91 Å². The van der Waals surface area contributed by atoms with E-state index in [9.17, 15) is 18.8 Å². The number of aromatic nitrogens is 1. The van der Waals surface area contributed by atoms with Crippen molar-refractivity contribution < 1.29 is 18.8 Å². The minimum absolute atomic E-state index is 0.00805. The fourth-order valence-corrected chi connectivity index (χ4v) is 5.55. The smallest absolute Gasteiger partial charge is 0.261 e. The minimum atomic E-state index is -0.737. The topological polar surface area (TPSA) is 79.4 Å². The quantitative estimate of drug-likeness (QED) is 0.711. The zero-order valence-electron chi connectivity index (χ0n) is 17.1. The van der Waals surface area contributed by atoms with E-state index in [1.54, 1.807) is 4.90 Å². The second-order valence-electron chi connectivity index (χ2n) is 8.11. The van der Waals surface area contributed by atoms with Crippen molar-refractivity contribution in [1.29, 1.82) is 0 Å². The molecule has 31 heavy (non-hydrogen) atoms. The summed E-state index contributed by atoms with van der Waals surface area (Å²) < 4.78 is 14.0. The van der Waals surface area contributed by atoms with Crippen LogP contribution >= 0.6 is 22.9 Å². The van der Waals surface area contributed by atoms with Crippen LogP contribution in [0.4, 0.5) is 9.52 Å². The number of Topliss-reactive ketones (excluding diaryl/α,β-unsaturated/α-hetero) is 1. The number of anilines is 1. The van der Waals surface area contributed by atoms with Crippen LogP contribution in [0.1, 0.15) is 64.2 Å². The van der Waals surface area contributed by atoms with Crippen LogP contribution in [0.25, 0.3) is 0 Å². The first kappa shape index (κ1) is 21.9. The van der Waals surface area contributed by atoms with Gasteiger partial charge in [0.1, 0.15) is 5.82 Å². The molecule has 2 aromatic rings. The molecule has 1 aromatic carbocycles. The highest BCUT2D eigenvalue weighted by atomic mass is 35.5. The number of halogens is 2. The van der Waals surface area contributed by atoms with Crippen molar-refractivity contribution in [2.45, 2.75) is 51.0 Å². The summed E-state index contributed by atoms with van der Waals surface area (Å²) in [6.45, 7) is 0. The first-order valence-corrected chi connectivity index (χ1v) is 11.6. The predicted molar refractivity (Wildman–Crippen MR) is 117 cm³/mol. The fourth-order valence-electron chi connectivity index (χ4n) is 4.37. The summed E-state index contributed by atoms with van der Waals surface area (Å²) in [5.74, 6) is -2.09. The van der Waals surface area contributed by atoms with Gasteiger partial charge in [-0.2, -0.15) is 0 Å².